The number of carbonyl (C=O) groups excluding carboxylic acids is 2. The Morgan fingerprint density at radius 3 is 2.38 bits per heavy atom. The Morgan fingerprint density at radius 1 is 1.00 bits per heavy atom. The number of carbonyl (C=O) groups is 2. The van der Waals surface area contributed by atoms with Gasteiger partial charge in [-0.05, 0) is 23.3 Å². The standard InChI is InChI=1S/C24H24N2O6/c1-30-20-12-13-25-21(22(20)27)23(28)26-19(24(29)31-2)14-16-8-10-18(11-9-16)32-15-17-6-4-3-5-7-17/h3-13,19,27H,14-15H2,1-2H3,(H,26,28). The average molecular weight is 436 g/mol. The Morgan fingerprint density at radius 2 is 1.72 bits per heavy atom. The van der Waals surface area contributed by atoms with Crippen molar-refractivity contribution in [2.24, 2.45) is 0 Å². The van der Waals surface area contributed by atoms with E-state index in [0.717, 1.165) is 11.1 Å². The number of methoxy groups -OCH3 is 2. The number of hydrogen-bond acceptors (Lipinski definition) is 7. The summed E-state index contributed by atoms with van der Waals surface area (Å²) in [5.41, 5.74) is 1.60. The molecule has 0 aliphatic carbocycles. The minimum atomic E-state index is -0.976. The number of rotatable bonds is 9. The number of aromatic nitrogens is 1. The molecule has 166 valence electrons. The summed E-state index contributed by atoms with van der Waals surface area (Å²) in [4.78, 5) is 28.7. The van der Waals surface area contributed by atoms with E-state index in [1.54, 1.807) is 12.1 Å². The van der Waals surface area contributed by atoms with Crippen LogP contribution in [0.4, 0.5) is 0 Å². The third-order valence-corrected chi connectivity index (χ3v) is 4.72. The SMILES string of the molecule is COC(=O)C(Cc1ccc(OCc2ccccc2)cc1)NC(=O)c1nccc(OC)c1O. The molecule has 1 aromatic heterocycles. The van der Waals surface area contributed by atoms with Gasteiger partial charge in [0.15, 0.2) is 17.2 Å². The first kappa shape index (κ1) is 22.6. The molecule has 0 spiro atoms. The molecule has 1 heterocycles. The van der Waals surface area contributed by atoms with Gasteiger partial charge in [-0.25, -0.2) is 9.78 Å². The van der Waals surface area contributed by atoms with E-state index >= 15 is 0 Å². The fourth-order valence-electron chi connectivity index (χ4n) is 3.03. The molecule has 0 saturated heterocycles. The predicted octanol–water partition coefficient (Wildman–Crippen LogP) is 2.89. The number of benzene rings is 2. The summed E-state index contributed by atoms with van der Waals surface area (Å²) in [6, 6.07) is 17.5. The van der Waals surface area contributed by atoms with Crippen LogP contribution in [0.5, 0.6) is 17.2 Å². The van der Waals surface area contributed by atoms with Gasteiger partial charge in [0, 0.05) is 18.7 Å². The fraction of sp³-hybridized carbons (Fsp3) is 0.208. The minimum Gasteiger partial charge on any atom is -0.503 e. The molecular weight excluding hydrogens is 412 g/mol. The summed E-state index contributed by atoms with van der Waals surface area (Å²) in [5, 5.41) is 12.7. The van der Waals surface area contributed by atoms with Gasteiger partial charge in [0.2, 0.25) is 0 Å². The van der Waals surface area contributed by atoms with Crippen molar-refractivity contribution < 1.29 is 28.9 Å². The van der Waals surface area contributed by atoms with E-state index in [1.165, 1.54) is 26.5 Å². The summed E-state index contributed by atoms with van der Waals surface area (Å²) >= 11 is 0. The highest BCUT2D eigenvalue weighted by Crippen LogP contribution is 2.27. The Labute approximate surface area is 185 Å². The molecule has 8 nitrogen and oxygen atoms in total. The Hall–Kier alpha value is -4.07. The molecule has 2 aromatic carbocycles. The third kappa shape index (κ3) is 5.75. The second-order valence-electron chi connectivity index (χ2n) is 6.88. The van der Waals surface area contributed by atoms with Crippen molar-refractivity contribution in [3.8, 4) is 17.2 Å². The third-order valence-electron chi connectivity index (χ3n) is 4.72. The summed E-state index contributed by atoms with van der Waals surface area (Å²) < 4.78 is 15.6. The average Bonchev–Trinajstić information content (AvgIpc) is 2.83. The summed E-state index contributed by atoms with van der Waals surface area (Å²) in [5.74, 6) is -0.964. The largest absolute Gasteiger partial charge is 0.503 e. The van der Waals surface area contributed by atoms with Gasteiger partial charge in [-0.2, -0.15) is 0 Å². The predicted molar refractivity (Wildman–Crippen MR) is 117 cm³/mol. The van der Waals surface area contributed by atoms with Gasteiger partial charge >= 0.3 is 5.97 Å². The molecule has 0 radical (unpaired) electrons. The van der Waals surface area contributed by atoms with Crippen LogP contribution in [0, 0.1) is 0 Å². The van der Waals surface area contributed by atoms with E-state index in [4.69, 9.17) is 14.2 Å². The van der Waals surface area contributed by atoms with Crippen molar-refractivity contribution in [2.45, 2.75) is 19.1 Å². The highest BCUT2D eigenvalue weighted by molar-refractivity contribution is 5.98. The van der Waals surface area contributed by atoms with E-state index in [9.17, 15) is 14.7 Å². The molecule has 0 fully saturated rings. The highest BCUT2D eigenvalue weighted by Gasteiger charge is 2.25. The van der Waals surface area contributed by atoms with Crippen LogP contribution in [0.1, 0.15) is 21.6 Å². The van der Waals surface area contributed by atoms with Crippen LogP contribution < -0.4 is 14.8 Å². The normalized spacial score (nSPS) is 11.3. The van der Waals surface area contributed by atoms with Crippen molar-refractivity contribution in [3.05, 3.63) is 83.7 Å². The number of pyridine rings is 1. The van der Waals surface area contributed by atoms with E-state index in [-0.39, 0.29) is 17.9 Å². The molecule has 8 heteroatoms. The smallest absolute Gasteiger partial charge is 0.328 e. The number of nitrogens with zero attached hydrogens (tertiary/aromatic N) is 1. The maximum absolute atomic E-state index is 12.6. The van der Waals surface area contributed by atoms with E-state index in [2.05, 4.69) is 10.3 Å². The van der Waals surface area contributed by atoms with Crippen molar-refractivity contribution in [1.29, 1.82) is 0 Å². The summed E-state index contributed by atoms with van der Waals surface area (Å²) in [6.45, 7) is 0.443. The van der Waals surface area contributed by atoms with Crippen molar-refractivity contribution in [1.82, 2.24) is 10.3 Å². The van der Waals surface area contributed by atoms with Gasteiger partial charge in [-0.15, -0.1) is 0 Å². The zero-order valence-corrected chi connectivity index (χ0v) is 17.8. The maximum atomic E-state index is 12.6. The van der Waals surface area contributed by atoms with Gasteiger partial charge in [-0.1, -0.05) is 42.5 Å². The molecule has 32 heavy (non-hydrogen) atoms. The fourth-order valence-corrected chi connectivity index (χ4v) is 3.03. The summed E-state index contributed by atoms with van der Waals surface area (Å²) in [7, 11) is 2.60. The van der Waals surface area contributed by atoms with Gasteiger partial charge in [0.1, 0.15) is 18.4 Å². The number of hydrogen-bond donors (Lipinski definition) is 2. The lowest BCUT2D eigenvalue weighted by atomic mass is 10.1. The Bertz CT molecular complexity index is 1050. The van der Waals surface area contributed by atoms with Crippen LogP contribution in [-0.4, -0.2) is 42.2 Å². The van der Waals surface area contributed by atoms with Gasteiger partial charge in [0.05, 0.1) is 14.2 Å². The Kier molecular flexibility index (Phi) is 7.64. The second-order valence-corrected chi connectivity index (χ2v) is 6.88. The first-order chi connectivity index (χ1) is 15.5. The van der Waals surface area contributed by atoms with E-state index < -0.39 is 23.7 Å². The molecule has 2 N–H and O–H groups in total. The maximum Gasteiger partial charge on any atom is 0.328 e. The lowest BCUT2D eigenvalue weighted by molar-refractivity contribution is -0.142. The van der Waals surface area contributed by atoms with Crippen LogP contribution in [-0.2, 0) is 22.6 Å². The molecule has 3 rings (SSSR count). The molecule has 1 amide bonds. The first-order valence-corrected chi connectivity index (χ1v) is 9.88. The first-order valence-electron chi connectivity index (χ1n) is 9.88. The van der Waals surface area contributed by atoms with Crippen LogP contribution in [0.2, 0.25) is 0 Å². The van der Waals surface area contributed by atoms with Crippen LogP contribution in [0.15, 0.2) is 66.9 Å². The lowest BCUT2D eigenvalue weighted by Crippen LogP contribution is -2.43. The molecular formula is C24H24N2O6. The molecule has 0 aliphatic heterocycles. The monoisotopic (exact) mass is 436 g/mol. The highest BCUT2D eigenvalue weighted by atomic mass is 16.5. The molecule has 1 atom stereocenters. The molecule has 3 aromatic rings. The van der Waals surface area contributed by atoms with E-state index in [1.807, 2.05) is 42.5 Å². The van der Waals surface area contributed by atoms with Crippen LogP contribution in [0.25, 0.3) is 0 Å². The number of aromatic hydroxyl groups is 1. The van der Waals surface area contributed by atoms with Crippen molar-refractivity contribution in [2.75, 3.05) is 14.2 Å². The van der Waals surface area contributed by atoms with Crippen molar-refractivity contribution in [3.63, 3.8) is 0 Å². The second kappa shape index (κ2) is 10.8. The van der Waals surface area contributed by atoms with Crippen molar-refractivity contribution >= 4 is 11.9 Å². The topological polar surface area (TPSA) is 107 Å². The molecule has 0 aliphatic rings. The number of amides is 1. The Balaban J connectivity index is 1.66. The zero-order chi connectivity index (χ0) is 22.9. The molecule has 0 bridgehead atoms. The number of esters is 1. The van der Waals surface area contributed by atoms with Gasteiger partial charge < -0.3 is 24.6 Å². The quantitative estimate of drug-likeness (QED) is 0.497. The number of ether oxygens (including phenoxy) is 3. The number of nitrogens with one attached hydrogen (secondary N) is 1. The lowest BCUT2D eigenvalue weighted by Gasteiger charge is -2.17. The minimum absolute atomic E-state index is 0.103. The van der Waals surface area contributed by atoms with E-state index in [0.29, 0.717) is 12.4 Å². The van der Waals surface area contributed by atoms with Crippen LogP contribution >= 0.6 is 0 Å². The van der Waals surface area contributed by atoms with Crippen LogP contribution in [0.3, 0.4) is 0 Å². The zero-order valence-electron chi connectivity index (χ0n) is 17.8. The van der Waals surface area contributed by atoms with Gasteiger partial charge in [-0.3, -0.25) is 4.79 Å². The molecule has 0 saturated carbocycles. The summed E-state index contributed by atoms with van der Waals surface area (Å²) in [6.07, 6.45) is 1.51. The van der Waals surface area contributed by atoms with Gasteiger partial charge in [0.25, 0.3) is 5.91 Å². The molecule has 1 unspecified atom stereocenters.